The summed E-state index contributed by atoms with van der Waals surface area (Å²) in [4.78, 5) is 16.5. The van der Waals surface area contributed by atoms with E-state index in [1.807, 2.05) is 48.7 Å². The van der Waals surface area contributed by atoms with Gasteiger partial charge in [0.1, 0.15) is 5.75 Å². The summed E-state index contributed by atoms with van der Waals surface area (Å²) >= 11 is 1.43. The Hall–Kier alpha value is -2.86. The van der Waals surface area contributed by atoms with Crippen LogP contribution in [0.1, 0.15) is 15.9 Å². The first-order valence-electron chi connectivity index (χ1n) is 7.38. The number of thiazole rings is 1. The zero-order valence-electron chi connectivity index (χ0n) is 13.4. The lowest BCUT2D eigenvalue weighted by Crippen LogP contribution is -2.29. The van der Waals surface area contributed by atoms with Gasteiger partial charge < -0.3 is 4.74 Å². The van der Waals surface area contributed by atoms with Gasteiger partial charge in [-0.25, -0.2) is 4.98 Å². The van der Waals surface area contributed by atoms with Gasteiger partial charge in [0.25, 0.3) is 5.91 Å². The van der Waals surface area contributed by atoms with Crippen LogP contribution >= 0.6 is 11.3 Å². The molecule has 1 aromatic heterocycles. The van der Waals surface area contributed by atoms with Crippen LogP contribution in [0.5, 0.6) is 5.75 Å². The van der Waals surface area contributed by atoms with E-state index in [1.165, 1.54) is 11.3 Å². The third kappa shape index (κ3) is 3.72. The Kier molecular flexibility index (Phi) is 4.77. The summed E-state index contributed by atoms with van der Waals surface area (Å²) in [6.45, 7) is 1.98. The predicted molar refractivity (Wildman–Crippen MR) is 96.4 cm³/mol. The number of hydrazine groups is 1. The number of anilines is 1. The van der Waals surface area contributed by atoms with Crippen molar-refractivity contribution in [3.63, 3.8) is 0 Å². The van der Waals surface area contributed by atoms with Crippen molar-refractivity contribution >= 4 is 22.4 Å². The van der Waals surface area contributed by atoms with Gasteiger partial charge in [0.15, 0.2) is 0 Å². The molecule has 1 amide bonds. The topological polar surface area (TPSA) is 63.2 Å². The van der Waals surface area contributed by atoms with Crippen molar-refractivity contribution < 1.29 is 9.53 Å². The van der Waals surface area contributed by atoms with Crippen LogP contribution < -0.4 is 15.6 Å². The first-order valence-corrected chi connectivity index (χ1v) is 8.26. The maximum Gasteiger partial charge on any atom is 0.269 e. The van der Waals surface area contributed by atoms with E-state index in [1.54, 1.807) is 19.2 Å². The maximum atomic E-state index is 12.1. The summed E-state index contributed by atoms with van der Waals surface area (Å²) in [7, 11) is 1.64. The van der Waals surface area contributed by atoms with Crippen LogP contribution in [0.25, 0.3) is 11.3 Å². The molecule has 5 nitrogen and oxygen atoms in total. The Morgan fingerprint density at radius 1 is 1.08 bits per heavy atom. The minimum absolute atomic E-state index is 0.198. The lowest BCUT2D eigenvalue weighted by molar-refractivity contribution is 0.0962. The molecule has 24 heavy (non-hydrogen) atoms. The Balaban J connectivity index is 1.63. The minimum Gasteiger partial charge on any atom is -0.497 e. The second kappa shape index (κ2) is 7.14. The number of hydrogen-bond donors (Lipinski definition) is 2. The maximum absolute atomic E-state index is 12.1. The van der Waals surface area contributed by atoms with Crippen molar-refractivity contribution in [2.24, 2.45) is 0 Å². The molecule has 1 heterocycles. The minimum atomic E-state index is -0.198. The number of carbonyl (C=O) groups excluding carboxylic acids is 1. The van der Waals surface area contributed by atoms with Gasteiger partial charge in [0.2, 0.25) is 5.13 Å². The molecule has 0 aliphatic heterocycles. The van der Waals surface area contributed by atoms with Crippen molar-refractivity contribution in [3.8, 4) is 17.0 Å². The van der Waals surface area contributed by atoms with Gasteiger partial charge in [-0.3, -0.25) is 15.6 Å². The summed E-state index contributed by atoms with van der Waals surface area (Å²) in [5.74, 6) is 0.605. The van der Waals surface area contributed by atoms with Crippen molar-refractivity contribution in [2.75, 3.05) is 12.5 Å². The molecule has 0 radical (unpaired) electrons. The number of methoxy groups -OCH3 is 1. The molecule has 0 bridgehead atoms. The molecular weight excluding hydrogens is 322 g/mol. The highest BCUT2D eigenvalue weighted by atomic mass is 32.1. The quantitative estimate of drug-likeness (QED) is 0.692. The number of carbonyl (C=O) groups is 1. The molecule has 0 unspecified atom stereocenters. The SMILES string of the molecule is COc1ccc(-c2csc(NNC(=O)c3ccc(C)cc3)n2)cc1. The van der Waals surface area contributed by atoms with E-state index in [0.717, 1.165) is 22.6 Å². The second-order valence-corrected chi connectivity index (χ2v) is 6.07. The van der Waals surface area contributed by atoms with Gasteiger partial charge >= 0.3 is 0 Å². The number of nitrogens with zero attached hydrogens (tertiary/aromatic N) is 1. The summed E-state index contributed by atoms with van der Waals surface area (Å²) in [6.07, 6.45) is 0. The number of ether oxygens (including phenoxy) is 1. The molecule has 0 fully saturated rings. The number of benzene rings is 2. The zero-order valence-corrected chi connectivity index (χ0v) is 14.2. The number of hydrogen-bond acceptors (Lipinski definition) is 5. The molecule has 3 rings (SSSR count). The number of aromatic nitrogens is 1. The standard InChI is InChI=1S/C18H17N3O2S/c1-12-3-5-14(6-4-12)17(22)20-21-18-19-16(11-24-18)13-7-9-15(23-2)10-8-13/h3-11H,1-2H3,(H,19,21)(H,20,22). The fraction of sp³-hybridized carbons (Fsp3) is 0.111. The van der Waals surface area contributed by atoms with Crippen LogP contribution in [0.2, 0.25) is 0 Å². The first-order chi connectivity index (χ1) is 11.7. The molecule has 0 atom stereocenters. The van der Waals surface area contributed by atoms with Crippen LogP contribution in [0.3, 0.4) is 0 Å². The van der Waals surface area contributed by atoms with Gasteiger partial charge in [0.05, 0.1) is 12.8 Å². The second-order valence-electron chi connectivity index (χ2n) is 5.21. The molecular formula is C18H17N3O2S. The van der Waals surface area contributed by atoms with Crippen LogP contribution in [-0.2, 0) is 0 Å². The van der Waals surface area contributed by atoms with Crippen molar-refractivity contribution in [1.29, 1.82) is 0 Å². The third-order valence-corrected chi connectivity index (χ3v) is 4.24. The highest BCUT2D eigenvalue weighted by Gasteiger charge is 2.07. The Bertz CT molecular complexity index is 826. The van der Waals surface area contributed by atoms with Gasteiger partial charge in [-0.15, -0.1) is 11.3 Å². The van der Waals surface area contributed by atoms with Gasteiger partial charge in [0, 0.05) is 16.5 Å². The molecule has 2 aromatic carbocycles. The Labute approximate surface area is 144 Å². The Morgan fingerprint density at radius 3 is 2.46 bits per heavy atom. The van der Waals surface area contributed by atoms with Crippen LogP contribution in [-0.4, -0.2) is 18.0 Å². The smallest absolute Gasteiger partial charge is 0.269 e. The average Bonchev–Trinajstić information content (AvgIpc) is 3.09. The van der Waals surface area contributed by atoms with E-state index in [4.69, 9.17) is 4.74 Å². The number of nitrogens with one attached hydrogen (secondary N) is 2. The molecule has 122 valence electrons. The first kappa shape index (κ1) is 16.0. The summed E-state index contributed by atoms with van der Waals surface area (Å²) in [6, 6.07) is 15.1. The third-order valence-electron chi connectivity index (χ3n) is 3.49. The van der Waals surface area contributed by atoms with Crippen LogP contribution in [0, 0.1) is 6.92 Å². The van der Waals surface area contributed by atoms with E-state index in [2.05, 4.69) is 15.8 Å². The van der Waals surface area contributed by atoms with Crippen LogP contribution in [0.15, 0.2) is 53.9 Å². The fourth-order valence-corrected chi connectivity index (χ4v) is 2.79. The van der Waals surface area contributed by atoms with Gasteiger partial charge in [-0.05, 0) is 43.3 Å². The highest BCUT2D eigenvalue weighted by molar-refractivity contribution is 7.14. The zero-order chi connectivity index (χ0) is 16.9. The van der Waals surface area contributed by atoms with E-state index in [0.29, 0.717) is 10.7 Å². The number of rotatable bonds is 5. The normalized spacial score (nSPS) is 10.2. The summed E-state index contributed by atoms with van der Waals surface area (Å²) in [5.41, 5.74) is 9.05. The molecule has 3 aromatic rings. The fourth-order valence-electron chi connectivity index (χ4n) is 2.11. The molecule has 0 saturated carbocycles. The lowest BCUT2D eigenvalue weighted by atomic mass is 10.1. The average molecular weight is 339 g/mol. The molecule has 0 aliphatic carbocycles. The van der Waals surface area contributed by atoms with Crippen molar-refractivity contribution in [1.82, 2.24) is 10.4 Å². The van der Waals surface area contributed by atoms with E-state index < -0.39 is 0 Å². The van der Waals surface area contributed by atoms with E-state index in [-0.39, 0.29) is 5.91 Å². The number of aryl methyl sites for hydroxylation is 1. The molecule has 0 spiro atoms. The number of amides is 1. The molecule has 0 saturated heterocycles. The molecule has 2 N–H and O–H groups in total. The van der Waals surface area contributed by atoms with Gasteiger partial charge in [-0.2, -0.15) is 0 Å². The van der Waals surface area contributed by atoms with E-state index >= 15 is 0 Å². The highest BCUT2D eigenvalue weighted by Crippen LogP contribution is 2.26. The van der Waals surface area contributed by atoms with Crippen molar-refractivity contribution in [3.05, 3.63) is 65.0 Å². The predicted octanol–water partition coefficient (Wildman–Crippen LogP) is 3.88. The molecule has 6 heteroatoms. The monoisotopic (exact) mass is 339 g/mol. The summed E-state index contributed by atoms with van der Waals surface area (Å²) in [5, 5.41) is 2.56. The Morgan fingerprint density at radius 2 is 1.79 bits per heavy atom. The van der Waals surface area contributed by atoms with E-state index in [9.17, 15) is 4.79 Å². The molecule has 0 aliphatic rings. The van der Waals surface area contributed by atoms with Crippen molar-refractivity contribution in [2.45, 2.75) is 6.92 Å². The van der Waals surface area contributed by atoms with Gasteiger partial charge in [-0.1, -0.05) is 17.7 Å². The largest absolute Gasteiger partial charge is 0.497 e. The van der Waals surface area contributed by atoms with Crippen LogP contribution in [0.4, 0.5) is 5.13 Å². The lowest BCUT2D eigenvalue weighted by Gasteiger charge is -2.05. The summed E-state index contributed by atoms with van der Waals surface area (Å²) < 4.78 is 5.15.